The fourth-order valence-electron chi connectivity index (χ4n) is 1.29. The molecule has 0 fully saturated rings. The number of hydrogen-bond acceptors (Lipinski definition) is 7. The SMILES string of the molecule is O=C([O-])c1cccc(C(=O)[O-])n1.[O-2].[V+4].c1ccncc1.c1ccncc1. The minimum Gasteiger partial charge on any atom is -2.00 e. The zero-order chi connectivity index (χ0) is 17.6. The second-order valence-corrected chi connectivity index (χ2v) is 4.03. The van der Waals surface area contributed by atoms with E-state index in [1.807, 2.05) is 36.4 Å². The van der Waals surface area contributed by atoms with Crippen LogP contribution in [0.25, 0.3) is 0 Å². The van der Waals surface area contributed by atoms with E-state index in [0.29, 0.717) is 0 Å². The Morgan fingerprint density at radius 1 is 0.654 bits per heavy atom. The summed E-state index contributed by atoms with van der Waals surface area (Å²) in [6, 6.07) is 15.0. The van der Waals surface area contributed by atoms with Gasteiger partial charge in [0.2, 0.25) is 0 Å². The molecule has 3 heterocycles. The number of carbonyl (C=O) groups is 2. The van der Waals surface area contributed by atoms with Crippen molar-refractivity contribution in [3.8, 4) is 0 Å². The topological polar surface area (TPSA) is 147 Å². The van der Waals surface area contributed by atoms with Crippen LogP contribution >= 0.6 is 0 Å². The van der Waals surface area contributed by atoms with Crippen molar-refractivity contribution in [2.75, 3.05) is 0 Å². The van der Waals surface area contributed by atoms with Crippen LogP contribution in [0.5, 0.6) is 0 Å². The summed E-state index contributed by atoms with van der Waals surface area (Å²) in [5.74, 6) is -3.03. The quantitative estimate of drug-likeness (QED) is 0.591. The first kappa shape index (κ1) is 25.2. The summed E-state index contributed by atoms with van der Waals surface area (Å²) in [7, 11) is 0. The number of aromatic carboxylic acids is 2. The number of carbonyl (C=O) groups excluding carboxylic acids is 2. The predicted octanol–water partition coefficient (Wildman–Crippen LogP) is -0.149. The zero-order valence-corrected chi connectivity index (χ0v) is 14.7. The van der Waals surface area contributed by atoms with Gasteiger partial charge in [-0.3, -0.25) is 9.97 Å². The summed E-state index contributed by atoms with van der Waals surface area (Å²) in [5, 5.41) is 20.4. The van der Waals surface area contributed by atoms with Crippen molar-refractivity contribution >= 4 is 11.9 Å². The van der Waals surface area contributed by atoms with Crippen LogP contribution in [0.4, 0.5) is 0 Å². The summed E-state index contributed by atoms with van der Waals surface area (Å²) >= 11 is 0. The van der Waals surface area contributed by atoms with Crippen molar-refractivity contribution in [2.24, 2.45) is 0 Å². The van der Waals surface area contributed by atoms with E-state index in [9.17, 15) is 19.8 Å². The van der Waals surface area contributed by atoms with Crippen molar-refractivity contribution in [3.63, 3.8) is 0 Å². The van der Waals surface area contributed by atoms with E-state index >= 15 is 0 Å². The zero-order valence-electron chi connectivity index (χ0n) is 13.3. The van der Waals surface area contributed by atoms with Crippen molar-refractivity contribution < 1.29 is 43.8 Å². The molecular formula is C17H13N3O5V. The molecule has 3 aromatic heterocycles. The molecule has 0 aliphatic heterocycles. The molecule has 0 aliphatic carbocycles. The molecule has 8 nitrogen and oxygen atoms in total. The fraction of sp³-hybridized carbons (Fsp3) is 0. The normalized spacial score (nSPS) is 8.00. The van der Waals surface area contributed by atoms with E-state index in [2.05, 4.69) is 15.0 Å². The molecule has 131 valence electrons. The second kappa shape index (κ2) is 15.5. The maximum absolute atomic E-state index is 10.2. The molecule has 0 aliphatic rings. The first-order valence-corrected chi connectivity index (χ1v) is 6.71. The first-order chi connectivity index (χ1) is 11.6. The molecule has 0 amide bonds. The Hall–Kier alpha value is -3.07. The average Bonchev–Trinajstić information content (AvgIpc) is 2.65. The Balaban J connectivity index is 0. The van der Waals surface area contributed by atoms with E-state index in [1.165, 1.54) is 6.07 Å². The summed E-state index contributed by atoms with van der Waals surface area (Å²) in [6.45, 7) is 0. The summed E-state index contributed by atoms with van der Waals surface area (Å²) in [6.07, 6.45) is 7.00. The molecule has 1 radical (unpaired) electrons. The molecule has 0 aromatic carbocycles. The van der Waals surface area contributed by atoms with E-state index in [-0.39, 0.29) is 24.0 Å². The number of nitrogens with zero attached hydrogens (tertiary/aromatic N) is 3. The number of carboxylic acid groups (broad SMARTS) is 2. The molecule has 3 aromatic rings. The maximum Gasteiger partial charge on any atom is 4.00 e. The van der Waals surface area contributed by atoms with E-state index in [0.717, 1.165) is 12.1 Å². The van der Waals surface area contributed by atoms with Gasteiger partial charge in [-0.25, -0.2) is 4.98 Å². The van der Waals surface area contributed by atoms with Gasteiger partial charge in [0.1, 0.15) is 0 Å². The first-order valence-electron chi connectivity index (χ1n) is 6.71. The largest absolute Gasteiger partial charge is 4.00 e. The Labute approximate surface area is 161 Å². The standard InChI is InChI=1S/C7H5NO4.2C5H5N.O.V/c9-6(10)4-2-1-3-5(8-4)7(11)12;2*1-2-4-6-5-3-1;;/h1-3H,(H,9,10)(H,11,12);2*1-5H;;/q;;;-2;+4/p-2. The van der Waals surface area contributed by atoms with Gasteiger partial charge in [0.05, 0.1) is 23.3 Å². The van der Waals surface area contributed by atoms with Crippen LogP contribution in [0.1, 0.15) is 21.0 Å². The molecule has 0 saturated carbocycles. The third-order valence-corrected chi connectivity index (χ3v) is 2.30. The second-order valence-electron chi connectivity index (χ2n) is 4.03. The van der Waals surface area contributed by atoms with Gasteiger partial charge in [-0.05, 0) is 36.4 Å². The molecular weight excluding hydrogens is 377 g/mol. The van der Waals surface area contributed by atoms with Crippen LogP contribution in [0.2, 0.25) is 0 Å². The monoisotopic (exact) mass is 390 g/mol. The number of rotatable bonds is 2. The summed E-state index contributed by atoms with van der Waals surface area (Å²) in [4.78, 5) is 31.2. The van der Waals surface area contributed by atoms with Gasteiger partial charge in [0, 0.05) is 24.8 Å². The van der Waals surface area contributed by atoms with Gasteiger partial charge >= 0.3 is 18.6 Å². The number of hydrogen-bond donors (Lipinski definition) is 0. The van der Waals surface area contributed by atoms with Gasteiger partial charge in [0.15, 0.2) is 0 Å². The van der Waals surface area contributed by atoms with Crippen molar-refractivity contribution in [1.82, 2.24) is 15.0 Å². The molecule has 0 spiro atoms. The van der Waals surface area contributed by atoms with Gasteiger partial charge < -0.3 is 25.3 Å². The Kier molecular flexibility index (Phi) is 15.0. The minimum atomic E-state index is -1.52. The van der Waals surface area contributed by atoms with Crippen molar-refractivity contribution in [3.05, 3.63) is 90.8 Å². The summed E-state index contributed by atoms with van der Waals surface area (Å²) < 4.78 is 0. The fourth-order valence-corrected chi connectivity index (χ4v) is 1.29. The van der Waals surface area contributed by atoms with Crippen LogP contribution in [0, 0.1) is 0 Å². The molecule has 0 N–H and O–H groups in total. The van der Waals surface area contributed by atoms with Gasteiger partial charge in [-0.15, -0.1) is 0 Å². The van der Waals surface area contributed by atoms with Crippen LogP contribution in [-0.2, 0) is 24.0 Å². The molecule has 26 heavy (non-hydrogen) atoms. The Morgan fingerprint density at radius 3 is 1.19 bits per heavy atom. The van der Waals surface area contributed by atoms with Gasteiger partial charge in [-0.1, -0.05) is 18.2 Å². The Morgan fingerprint density at radius 2 is 1.00 bits per heavy atom. The van der Waals surface area contributed by atoms with Crippen LogP contribution in [0.3, 0.4) is 0 Å². The maximum atomic E-state index is 10.2. The van der Waals surface area contributed by atoms with Gasteiger partial charge in [-0.2, -0.15) is 0 Å². The van der Waals surface area contributed by atoms with Crippen LogP contribution in [0.15, 0.2) is 79.4 Å². The molecule has 0 unspecified atom stereocenters. The average molecular weight is 390 g/mol. The van der Waals surface area contributed by atoms with Crippen molar-refractivity contribution in [2.45, 2.75) is 0 Å². The molecule has 9 heteroatoms. The van der Waals surface area contributed by atoms with E-state index in [1.54, 1.807) is 24.8 Å². The minimum absolute atomic E-state index is 0. The van der Waals surface area contributed by atoms with Crippen molar-refractivity contribution in [1.29, 1.82) is 0 Å². The molecule has 0 bridgehead atoms. The van der Waals surface area contributed by atoms with Crippen LogP contribution < -0.4 is 10.2 Å². The Bertz CT molecular complexity index is 631. The third kappa shape index (κ3) is 11.5. The van der Waals surface area contributed by atoms with Gasteiger partial charge in [0.25, 0.3) is 0 Å². The smallest absolute Gasteiger partial charge is 2.00 e. The molecule has 3 rings (SSSR count). The predicted molar refractivity (Wildman–Crippen MR) is 82.1 cm³/mol. The van der Waals surface area contributed by atoms with Crippen LogP contribution in [-0.4, -0.2) is 26.9 Å². The number of aromatic nitrogens is 3. The summed E-state index contributed by atoms with van der Waals surface area (Å²) in [5.41, 5.74) is -0.839. The molecule has 0 atom stereocenters. The van der Waals surface area contributed by atoms with E-state index < -0.39 is 23.3 Å². The number of carboxylic acids is 2. The third-order valence-electron chi connectivity index (χ3n) is 2.30. The molecule has 0 saturated heterocycles. The number of pyridine rings is 3. The van der Waals surface area contributed by atoms with E-state index in [4.69, 9.17) is 0 Å².